The van der Waals surface area contributed by atoms with Gasteiger partial charge in [0.25, 0.3) is 0 Å². The Kier molecular flexibility index (Phi) is 17.4. The monoisotopic (exact) mass is 353 g/mol. The van der Waals surface area contributed by atoms with Crippen LogP contribution >= 0.6 is 0 Å². The smallest absolute Gasteiger partial charge is 0.400 e. The quantitative estimate of drug-likeness (QED) is 0.434. The summed E-state index contributed by atoms with van der Waals surface area (Å²) in [5, 5.41) is 7.00. The first-order valence-electron chi connectivity index (χ1n) is 7.24. The third-order valence-electron chi connectivity index (χ3n) is 2.53. The third kappa shape index (κ3) is 14.9. The van der Waals surface area contributed by atoms with Gasteiger partial charge in [-0.05, 0) is 0 Å². The fourth-order valence-corrected chi connectivity index (χ4v) is 1.43. The maximum absolute atomic E-state index is 7.00. The number of rotatable bonds is 0. The van der Waals surface area contributed by atoms with Crippen LogP contribution in [-0.2, 0) is 21.7 Å². The van der Waals surface area contributed by atoms with E-state index >= 15 is 0 Å². The summed E-state index contributed by atoms with van der Waals surface area (Å²) in [6, 6.07) is 29.6. The second-order valence-electron chi connectivity index (χ2n) is 4.46. The van der Waals surface area contributed by atoms with Crippen molar-refractivity contribution in [2.24, 2.45) is 0 Å². The fraction of sp³-hybridized carbons (Fsp3) is 0.0455. The molecule has 0 aliphatic rings. The van der Waals surface area contributed by atoms with Gasteiger partial charge < -0.3 is 5.11 Å². The second kappa shape index (κ2) is 17.3. The first-order valence-corrected chi connectivity index (χ1v) is 7.24. The van der Waals surface area contributed by atoms with Crippen LogP contribution in [0.3, 0.4) is 0 Å². The van der Waals surface area contributed by atoms with Crippen LogP contribution in [0.1, 0.15) is 16.7 Å². The van der Waals surface area contributed by atoms with Crippen LogP contribution in [0.2, 0.25) is 0 Å². The van der Waals surface area contributed by atoms with Gasteiger partial charge in [0.2, 0.25) is 0 Å². The predicted molar refractivity (Wildman–Crippen MR) is 101 cm³/mol. The minimum Gasteiger partial charge on any atom is -0.400 e. The van der Waals surface area contributed by atoms with E-state index in [-0.39, 0.29) is 21.7 Å². The van der Waals surface area contributed by atoms with E-state index in [4.69, 9.17) is 5.11 Å². The van der Waals surface area contributed by atoms with Crippen LogP contribution < -0.4 is 0 Å². The molecule has 0 unspecified atom stereocenters. The van der Waals surface area contributed by atoms with Crippen molar-refractivity contribution in [3.05, 3.63) is 128 Å². The summed E-state index contributed by atoms with van der Waals surface area (Å²) in [5.74, 6) is 0. The molecule has 123 valence electrons. The summed E-state index contributed by atoms with van der Waals surface area (Å²) in [7, 11) is 1.00. The Morgan fingerprint density at radius 3 is 0.708 bits per heavy atom. The van der Waals surface area contributed by atoms with Crippen molar-refractivity contribution < 1.29 is 26.8 Å². The van der Waals surface area contributed by atoms with E-state index < -0.39 is 0 Å². The molecule has 1 radical (unpaired) electrons. The molecule has 0 saturated carbocycles. The van der Waals surface area contributed by atoms with E-state index in [1.807, 2.05) is 91.0 Å². The fourth-order valence-electron chi connectivity index (χ4n) is 1.43. The number of benzene rings is 3. The van der Waals surface area contributed by atoms with E-state index in [2.05, 4.69) is 20.8 Å². The Morgan fingerprint density at radius 2 is 0.625 bits per heavy atom. The Bertz CT molecular complexity index is 491. The number of aliphatic hydroxyl groups is 1. The molecule has 0 fully saturated rings. The third-order valence-corrected chi connectivity index (χ3v) is 2.53. The molecule has 0 aliphatic heterocycles. The molecule has 3 rings (SSSR count). The van der Waals surface area contributed by atoms with Crippen molar-refractivity contribution in [1.29, 1.82) is 0 Å². The largest absolute Gasteiger partial charge is 3.00 e. The van der Waals surface area contributed by atoms with Crippen molar-refractivity contribution in [2.45, 2.75) is 0 Å². The minimum absolute atomic E-state index is 0. The van der Waals surface area contributed by atoms with Crippen LogP contribution in [0, 0.1) is 20.8 Å². The molecule has 0 aliphatic carbocycles. The molecule has 0 aromatic heterocycles. The van der Waals surface area contributed by atoms with E-state index in [0.717, 1.165) is 23.8 Å². The molecule has 2 heteroatoms. The summed E-state index contributed by atoms with van der Waals surface area (Å²) in [6.45, 7) is 11.2. The van der Waals surface area contributed by atoms with Gasteiger partial charge in [-0.2, -0.15) is 73.9 Å². The molecule has 3 aromatic carbocycles. The Labute approximate surface area is 162 Å². The standard InChI is InChI=1S/3C7H7.CH4O.Ti/c3*1-7-5-3-2-4-6-7;1-2;/h3*2-6H,1H2;2H,1H3;/q3*-1;;+3. The zero-order valence-electron chi connectivity index (χ0n) is 14.2. The molecule has 24 heavy (non-hydrogen) atoms. The van der Waals surface area contributed by atoms with E-state index in [9.17, 15) is 0 Å². The van der Waals surface area contributed by atoms with E-state index in [1.165, 1.54) is 0 Å². The molecule has 1 N–H and O–H groups in total. The molecule has 0 amide bonds. The average molecular weight is 353 g/mol. The van der Waals surface area contributed by atoms with Crippen molar-refractivity contribution >= 4 is 0 Å². The summed E-state index contributed by atoms with van der Waals surface area (Å²) in [6.07, 6.45) is 0. The molecular formula is C22H25OTi. The van der Waals surface area contributed by atoms with E-state index in [0.29, 0.717) is 0 Å². The van der Waals surface area contributed by atoms with Gasteiger partial charge in [0, 0.05) is 7.11 Å². The van der Waals surface area contributed by atoms with Gasteiger partial charge >= 0.3 is 21.7 Å². The van der Waals surface area contributed by atoms with E-state index in [1.54, 1.807) is 0 Å². The SMILES string of the molecule is CO.[CH2-]c1ccccc1.[CH2-]c1ccccc1.[CH2-]c1ccccc1.[Ti+3]. The zero-order valence-corrected chi connectivity index (χ0v) is 15.8. The Balaban J connectivity index is 0. The van der Waals surface area contributed by atoms with Crippen molar-refractivity contribution in [3.63, 3.8) is 0 Å². The van der Waals surface area contributed by atoms with Crippen LogP contribution in [-0.4, -0.2) is 12.2 Å². The molecule has 0 heterocycles. The molecule has 1 nitrogen and oxygen atoms in total. The van der Waals surface area contributed by atoms with Crippen LogP contribution in [0.15, 0.2) is 91.0 Å². The predicted octanol–water partition coefficient (Wildman–Crippen LogP) is 5.21. The topological polar surface area (TPSA) is 20.2 Å². The normalized spacial score (nSPS) is 7.75. The first kappa shape index (κ1) is 24.2. The molecular weight excluding hydrogens is 328 g/mol. The minimum atomic E-state index is 0. The van der Waals surface area contributed by atoms with Gasteiger partial charge in [-0.15, -0.1) is 36.4 Å². The van der Waals surface area contributed by atoms with Gasteiger partial charge in [0.15, 0.2) is 0 Å². The molecule has 3 aromatic rings. The molecule has 0 atom stereocenters. The van der Waals surface area contributed by atoms with Crippen LogP contribution in [0.5, 0.6) is 0 Å². The van der Waals surface area contributed by atoms with Crippen molar-refractivity contribution in [1.82, 2.24) is 0 Å². The number of hydrogen-bond donors (Lipinski definition) is 1. The summed E-state index contributed by atoms with van der Waals surface area (Å²) in [5.41, 5.74) is 3.22. The second-order valence-corrected chi connectivity index (χ2v) is 4.46. The summed E-state index contributed by atoms with van der Waals surface area (Å²) in [4.78, 5) is 0. The van der Waals surface area contributed by atoms with Crippen LogP contribution in [0.25, 0.3) is 0 Å². The number of aliphatic hydroxyl groups excluding tert-OH is 1. The van der Waals surface area contributed by atoms with Crippen molar-refractivity contribution in [2.75, 3.05) is 7.11 Å². The number of hydrogen-bond acceptors (Lipinski definition) is 1. The Hall–Kier alpha value is -2.06. The van der Waals surface area contributed by atoms with Gasteiger partial charge in [-0.1, -0.05) is 18.2 Å². The first-order chi connectivity index (χ1) is 11.2. The van der Waals surface area contributed by atoms with Crippen molar-refractivity contribution in [3.8, 4) is 0 Å². The summed E-state index contributed by atoms with van der Waals surface area (Å²) < 4.78 is 0. The maximum Gasteiger partial charge on any atom is 3.00 e. The van der Waals surface area contributed by atoms with Crippen LogP contribution in [0.4, 0.5) is 0 Å². The molecule has 0 bridgehead atoms. The molecule has 0 spiro atoms. The summed E-state index contributed by atoms with van der Waals surface area (Å²) >= 11 is 0. The van der Waals surface area contributed by atoms with Gasteiger partial charge in [0.05, 0.1) is 0 Å². The maximum atomic E-state index is 7.00. The van der Waals surface area contributed by atoms with Gasteiger partial charge in [0.1, 0.15) is 0 Å². The molecule has 0 saturated heterocycles. The van der Waals surface area contributed by atoms with Gasteiger partial charge in [-0.25, -0.2) is 0 Å². The van der Waals surface area contributed by atoms with Gasteiger partial charge in [-0.3, -0.25) is 0 Å². The zero-order chi connectivity index (χ0) is 17.3. The Morgan fingerprint density at radius 1 is 0.458 bits per heavy atom. The average Bonchev–Trinajstić information content (AvgIpc) is 2.60.